The van der Waals surface area contributed by atoms with Crippen molar-refractivity contribution in [2.75, 3.05) is 5.32 Å². The van der Waals surface area contributed by atoms with E-state index < -0.39 is 8.80 Å². The number of hydrogen-bond donors (Lipinski definition) is 1. The summed E-state index contributed by atoms with van der Waals surface area (Å²) in [7, 11) is -0.714. The molecular formula is C13H20ClN5Si. The lowest BCUT2D eigenvalue weighted by atomic mass is 10.1. The van der Waals surface area contributed by atoms with Crippen LogP contribution in [0.3, 0.4) is 0 Å². The van der Waals surface area contributed by atoms with Crippen LogP contribution in [0.25, 0.3) is 11.3 Å². The number of nitrogens with one attached hydrogen (secondary N) is 1. The van der Waals surface area contributed by atoms with E-state index in [0.717, 1.165) is 23.1 Å². The van der Waals surface area contributed by atoms with Gasteiger partial charge in [0.2, 0.25) is 0 Å². The Kier molecular flexibility index (Phi) is 4.77. The molecule has 0 bridgehead atoms. The second-order valence-corrected chi connectivity index (χ2v) is 9.11. The lowest BCUT2D eigenvalue weighted by Gasteiger charge is -2.13. The molecule has 1 N–H and O–H groups in total. The van der Waals surface area contributed by atoms with E-state index in [4.69, 9.17) is 11.6 Å². The van der Waals surface area contributed by atoms with Crippen molar-refractivity contribution in [3.63, 3.8) is 0 Å². The molecule has 0 atom stereocenters. The first-order valence-electron chi connectivity index (χ1n) is 6.78. The molecule has 0 radical (unpaired) electrons. The Morgan fingerprint density at radius 1 is 1.40 bits per heavy atom. The van der Waals surface area contributed by atoms with Crippen molar-refractivity contribution in [3.8, 4) is 11.3 Å². The average molecular weight is 310 g/mol. The van der Waals surface area contributed by atoms with Gasteiger partial charge in [-0.05, 0) is 19.9 Å². The van der Waals surface area contributed by atoms with E-state index in [9.17, 15) is 0 Å². The third-order valence-electron chi connectivity index (χ3n) is 2.68. The van der Waals surface area contributed by atoms with Crippen LogP contribution in [0.1, 0.15) is 13.8 Å². The van der Waals surface area contributed by atoms with Crippen LogP contribution in [0.2, 0.25) is 18.2 Å². The Morgan fingerprint density at radius 3 is 2.80 bits per heavy atom. The van der Waals surface area contributed by atoms with Crippen molar-refractivity contribution in [3.05, 3.63) is 23.6 Å². The largest absolute Gasteiger partial charge is 0.382 e. The van der Waals surface area contributed by atoms with E-state index >= 15 is 0 Å². The summed E-state index contributed by atoms with van der Waals surface area (Å²) in [5.41, 5.74) is 2.69. The Balaban J connectivity index is 2.33. The van der Waals surface area contributed by atoms with Gasteiger partial charge in [-0.1, -0.05) is 29.9 Å². The summed E-state index contributed by atoms with van der Waals surface area (Å²) in [5, 5.41) is 12.3. The van der Waals surface area contributed by atoms with E-state index in [-0.39, 0.29) is 0 Å². The molecule has 5 nitrogen and oxygen atoms in total. The second-order valence-electron chi connectivity index (χ2n) is 5.57. The molecule has 0 fully saturated rings. The van der Waals surface area contributed by atoms with Crippen molar-refractivity contribution in [2.24, 2.45) is 0 Å². The van der Waals surface area contributed by atoms with E-state index in [1.807, 2.05) is 16.9 Å². The Morgan fingerprint density at radius 2 is 2.15 bits per heavy atom. The van der Waals surface area contributed by atoms with E-state index in [1.165, 1.54) is 0 Å². The van der Waals surface area contributed by atoms with Gasteiger partial charge in [-0.25, -0.2) is 4.98 Å². The van der Waals surface area contributed by atoms with Crippen molar-refractivity contribution >= 4 is 26.1 Å². The maximum absolute atomic E-state index is 5.97. The summed E-state index contributed by atoms with van der Waals surface area (Å²) >= 11 is 5.97. The van der Waals surface area contributed by atoms with Gasteiger partial charge >= 0.3 is 0 Å². The van der Waals surface area contributed by atoms with E-state index in [2.05, 4.69) is 47.6 Å². The predicted octanol–water partition coefficient (Wildman–Crippen LogP) is 2.84. The molecule has 0 aliphatic heterocycles. The molecule has 7 heteroatoms. The molecular weight excluding hydrogens is 290 g/mol. The first kappa shape index (κ1) is 15.0. The highest BCUT2D eigenvalue weighted by Crippen LogP contribution is 2.28. The number of nitrogens with zero attached hydrogens (tertiary/aromatic N) is 4. The normalized spacial score (nSPS) is 11.3. The fourth-order valence-electron chi connectivity index (χ4n) is 1.95. The van der Waals surface area contributed by atoms with Gasteiger partial charge in [0.15, 0.2) is 0 Å². The SMILES string of the molecule is CC(C)Nc1cc(Cl)ncc1-c1cn(C[SiH](C)C)nn1. The van der Waals surface area contributed by atoms with Crippen LogP contribution >= 0.6 is 11.6 Å². The number of pyridine rings is 1. The van der Waals surface area contributed by atoms with Crippen LogP contribution in [0.15, 0.2) is 18.5 Å². The van der Waals surface area contributed by atoms with Gasteiger partial charge in [-0.2, -0.15) is 0 Å². The minimum atomic E-state index is -0.714. The van der Waals surface area contributed by atoms with Crippen LogP contribution in [-0.4, -0.2) is 34.8 Å². The van der Waals surface area contributed by atoms with Crippen LogP contribution in [0, 0.1) is 0 Å². The highest BCUT2D eigenvalue weighted by Gasteiger charge is 2.12. The first-order chi connectivity index (χ1) is 9.45. The second kappa shape index (κ2) is 6.36. The summed E-state index contributed by atoms with van der Waals surface area (Å²) in [6.45, 7) is 8.74. The zero-order valence-electron chi connectivity index (χ0n) is 12.3. The average Bonchev–Trinajstić information content (AvgIpc) is 2.75. The highest BCUT2D eigenvalue weighted by molar-refractivity contribution is 6.54. The number of anilines is 1. The fraction of sp³-hybridized carbons (Fsp3) is 0.462. The number of rotatable bonds is 5. The number of aromatic nitrogens is 4. The van der Waals surface area contributed by atoms with Crippen molar-refractivity contribution in [1.82, 2.24) is 20.0 Å². The summed E-state index contributed by atoms with van der Waals surface area (Å²) < 4.78 is 1.92. The molecule has 0 saturated carbocycles. The minimum absolute atomic E-state index is 0.310. The molecule has 108 valence electrons. The summed E-state index contributed by atoms with van der Waals surface area (Å²) in [6.07, 6.45) is 4.71. The third kappa shape index (κ3) is 3.80. The van der Waals surface area contributed by atoms with Crippen LogP contribution in [0.4, 0.5) is 5.69 Å². The summed E-state index contributed by atoms with van der Waals surface area (Å²) in [4.78, 5) is 4.15. The van der Waals surface area contributed by atoms with Crippen LogP contribution in [-0.2, 0) is 6.17 Å². The zero-order chi connectivity index (χ0) is 14.7. The molecule has 0 saturated heterocycles. The summed E-state index contributed by atoms with van der Waals surface area (Å²) in [6, 6.07) is 2.14. The summed E-state index contributed by atoms with van der Waals surface area (Å²) in [5.74, 6) is 0. The zero-order valence-corrected chi connectivity index (χ0v) is 14.2. The monoisotopic (exact) mass is 309 g/mol. The van der Waals surface area contributed by atoms with Gasteiger partial charge in [0.25, 0.3) is 0 Å². The van der Waals surface area contributed by atoms with Crippen molar-refractivity contribution < 1.29 is 0 Å². The maximum atomic E-state index is 5.97. The fourth-order valence-corrected chi connectivity index (χ4v) is 3.03. The van der Waals surface area contributed by atoms with Crippen molar-refractivity contribution in [1.29, 1.82) is 0 Å². The van der Waals surface area contributed by atoms with Gasteiger partial charge in [0.1, 0.15) is 10.8 Å². The molecule has 0 aliphatic rings. The molecule has 2 aromatic rings. The Bertz CT molecular complexity index is 582. The molecule has 0 spiro atoms. The topological polar surface area (TPSA) is 55.6 Å². The standard InChI is InChI=1S/C13H20ClN5Si/c1-9(2)16-11-5-13(14)15-6-10(11)12-7-19(18-17-12)8-20(3)4/h5-7,9,20H,8H2,1-4H3,(H,15,16). The predicted molar refractivity (Wildman–Crippen MR) is 85.9 cm³/mol. The maximum Gasteiger partial charge on any atom is 0.131 e. The third-order valence-corrected chi connectivity index (χ3v) is 3.99. The molecule has 2 aromatic heterocycles. The van der Waals surface area contributed by atoms with Gasteiger partial charge in [-0.3, -0.25) is 4.68 Å². The molecule has 0 amide bonds. The quantitative estimate of drug-likeness (QED) is 0.681. The smallest absolute Gasteiger partial charge is 0.131 e. The van der Waals surface area contributed by atoms with Crippen molar-refractivity contribution in [2.45, 2.75) is 39.2 Å². The molecule has 20 heavy (non-hydrogen) atoms. The van der Waals surface area contributed by atoms with Gasteiger partial charge in [0, 0.05) is 29.7 Å². The minimum Gasteiger partial charge on any atom is -0.382 e. The van der Waals surface area contributed by atoms with Crippen LogP contribution in [0.5, 0.6) is 0 Å². The van der Waals surface area contributed by atoms with E-state index in [1.54, 1.807) is 6.20 Å². The lowest BCUT2D eigenvalue weighted by molar-refractivity contribution is 0.687. The molecule has 2 heterocycles. The molecule has 0 aliphatic carbocycles. The Hall–Kier alpha value is -1.40. The van der Waals surface area contributed by atoms with E-state index in [0.29, 0.717) is 11.2 Å². The molecule has 0 aromatic carbocycles. The Labute approximate surface area is 126 Å². The lowest BCUT2D eigenvalue weighted by Crippen LogP contribution is -2.13. The highest BCUT2D eigenvalue weighted by atomic mass is 35.5. The number of halogens is 1. The molecule has 2 rings (SSSR count). The first-order valence-corrected chi connectivity index (χ1v) is 10.3. The van der Waals surface area contributed by atoms with Gasteiger partial charge < -0.3 is 5.32 Å². The molecule has 0 unspecified atom stereocenters. The van der Waals surface area contributed by atoms with Gasteiger partial charge in [0.05, 0.1) is 15.0 Å². The number of hydrogen-bond acceptors (Lipinski definition) is 4. The van der Waals surface area contributed by atoms with Gasteiger partial charge in [-0.15, -0.1) is 5.10 Å². The van der Waals surface area contributed by atoms with Crippen LogP contribution < -0.4 is 5.32 Å².